The van der Waals surface area contributed by atoms with Crippen molar-refractivity contribution in [3.63, 3.8) is 0 Å². The van der Waals surface area contributed by atoms with E-state index in [2.05, 4.69) is 29.2 Å². The van der Waals surface area contributed by atoms with Crippen LogP contribution in [0.2, 0.25) is 0 Å². The summed E-state index contributed by atoms with van der Waals surface area (Å²) in [6.45, 7) is 6.04. The number of nitrogens with one attached hydrogen (secondary N) is 1. The van der Waals surface area contributed by atoms with Gasteiger partial charge in [0.2, 0.25) is 5.76 Å². The van der Waals surface area contributed by atoms with Crippen molar-refractivity contribution in [3.05, 3.63) is 17.5 Å². The minimum absolute atomic E-state index is 0.168. The Hall–Kier alpha value is -1.40. The maximum absolute atomic E-state index is 12.4. The Labute approximate surface area is 149 Å². The van der Waals surface area contributed by atoms with Gasteiger partial charge in [-0.15, -0.1) is 0 Å². The molecule has 2 heterocycles. The lowest BCUT2D eigenvalue weighted by atomic mass is 9.89. The number of carbonyl (C=O) groups is 1. The summed E-state index contributed by atoms with van der Waals surface area (Å²) in [7, 11) is 0. The van der Waals surface area contributed by atoms with Gasteiger partial charge in [-0.05, 0) is 32.1 Å². The molecule has 1 amide bonds. The van der Waals surface area contributed by atoms with E-state index >= 15 is 0 Å². The highest BCUT2D eigenvalue weighted by molar-refractivity contribution is 5.91. The van der Waals surface area contributed by atoms with Gasteiger partial charge in [0.15, 0.2) is 0 Å². The fraction of sp³-hybridized carbons (Fsp3) is 0.789. The molecule has 2 aliphatic rings. The van der Waals surface area contributed by atoms with E-state index in [-0.39, 0.29) is 18.1 Å². The summed E-state index contributed by atoms with van der Waals surface area (Å²) in [6, 6.07) is 2.23. The molecule has 0 aromatic carbocycles. The molecular weight excluding hydrogens is 318 g/mol. The first-order chi connectivity index (χ1) is 12.1. The lowest BCUT2D eigenvalue weighted by Crippen LogP contribution is -2.52. The number of hydrogen-bond donors (Lipinski definition) is 2. The number of nitrogens with zero attached hydrogens (tertiary/aromatic N) is 2. The van der Waals surface area contributed by atoms with Gasteiger partial charge in [-0.3, -0.25) is 9.69 Å². The first kappa shape index (κ1) is 18.4. The second-order valence-electron chi connectivity index (χ2n) is 7.63. The van der Waals surface area contributed by atoms with Crippen LogP contribution in [0.3, 0.4) is 0 Å². The summed E-state index contributed by atoms with van der Waals surface area (Å²) in [5.74, 6) is 0.439. The van der Waals surface area contributed by atoms with Gasteiger partial charge in [0.25, 0.3) is 5.91 Å². The molecule has 1 aliphatic heterocycles. The van der Waals surface area contributed by atoms with E-state index in [1.54, 1.807) is 6.07 Å². The van der Waals surface area contributed by atoms with Crippen LogP contribution in [-0.4, -0.2) is 52.3 Å². The number of aliphatic hydroxyl groups is 1. The number of carbonyl (C=O) groups excluding carboxylic acids is 1. The summed E-state index contributed by atoms with van der Waals surface area (Å²) >= 11 is 0. The van der Waals surface area contributed by atoms with Crippen LogP contribution < -0.4 is 5.32 Å². The molecule has 25 heavy (non-hydrogen) atoms. The summed E-state index contributed by atoms with van der Waals surface area (Å²) < 4.78 is 5.22. The number of hydrogen-bond acceptors (Lipinski definition) is 5. The molecular formula is C19H31N3O3. The molecule has 6 heteroatoms. The third kappa shape index (κ3) is 4.42. The van der Waals surface area contributed by atoms with Crippen LogP contribution in [0.5, 0.6) is 0 Å². The number of aromatic nitrogens is 1. The van der Waals surface area contributed by atoms with Crippen molar-refractivity contribution in [1.82, 2.24) is 15.4 Å². The van der Waals surface area contributed by atoms with Crippen molar-refractivity contribution in [2.45, 2.75) is 82.9 Å². The van der Waals surface area contributed by atoms with Gasteiger partial charge in [0.1, 0.15) is 0 Å². The molecule has 1 aromatic heterocycles. The topological polar surface area (TPSA) is 78.6 Å². The molecule has 2 fully saturated rings. The Morgan fingerprint density at radius 3 is 2.76 bits per heavy atom. The SMILES string of the molecule is CC[C@H](C)c1cc(C(=O)NC2CCN([C@@H]3CCCC[C@H]3O)CC2)on1. The van der Waals surface area contributed by atoms with Crippen LogP contribution in [0.1, 0.15) is 81.0 Å². The van der Waals surface area contributed by atoms with Gasteiger partial charge >= 0.3 is 0 Å². The predicted octanol–water partition coefficient (Wildman–Crippen LogP) is 2.69. The third-order valence-corrected chi connectivity index (χ3v) is 5.90. The molecule has 1 saturated heterocycles. The van der Waals surface area contributed by atoms with E-state index in [0.717, 1.165) is 57.3 Å². The molecule has 1 saturated carbocycles. The number of rotatable bonds is 5. The van der Waals surface area contributed by atoms with Gasteiger partial charge in [-0.2, -0.15) is 0 Å². The molecule has 3 rings (SSSR count). The average molecular weight is 349 g/mol. The molecule has 6 nitrogen and oxygen atoms in total. The second kappa shape index (κ2) is 8.32. The quantitative estimate of drug-likeness (QED) is 0.854. The summed E-state index contributed by atoms with van der Waals surface area (Å²) in [4.78, 5) is 14.8. The Balaban J connectivity index is 1.48. The maximum Gasteiger partial charge on any atom is 0.290 e. The minimum Gasteiger partial charge on any atom is -0.391 e. The van der Waals surface area contributed by atoms with Gasteiger partial charge in [0.05, 0.1) is 11.8 Å². The van der Waals surface area contributed by atoms with E-state index in [1.807, 2.05) is 0 Å². The van der Waals surface area contributed by atoms with E-state index in [9.17, 15) is 9.90 Å². The maximum atomic E-state index is 12.4. The third-order valence-electron chi connectivity index (χ3n) is 5.90. The fourth-order valence-corrected chi connectivity index (χ4v) is 3.99. The van der Waals surface area contributed by atoms with E-state index < -0.39 is 0 Å². The monoisotopic (exact) mass is 349 g/mol. The zero-order chi connectivity index (χ0) is 17.8. The smallest absolute Gasteiger partial charge is 0.290 e. The van der Waals surface area contributed by atoms with Crippen LogP contribution >= 0.6 is 0 Å². The minimum atomic E-state index is -0.187. The molecule has 3 atom stereocenters. The highest BCUT2D eigenvalue weighted by atomic mass is 16.5. The van der Waals surface area contributed by atoms with Crippen molar-refractivity contribution in [2.75, 3.05) is 13.1 Å². The van der Waals surface area contributed by atoms with Gasteiger partial charge in [-0.1, -0.05) is 31.8 Å². The molecule has 0 bridgehead atoms. The predicted molar refractivity (Wildman–Crippen MR) is 95.5 cm³/mol. The molecule has 2 N–H and O–H groups in total. The molecule has 0 spiro atoms. The Morgan fingerprint density at radius 1 is 1.36 bits per heavy atom. The largest absolute Gasteiger partial charge is 0.391 e. The Bertz CT molecular complexity index is 566. The standard InChI is InChI=1S/C19H31N3O3/c1-3-13(2)15-12-18(25-21-15)19(24)20-14-8-10-22(11-9-14)16-6-4-5-7-17(16)23/h12-14,16-17,23H,3-11H2,1-2H3,(H,20,24)/t13-,16+,17+/m0/s1. The zero-order valence-corrected chi connectivity index (χ0v) is 15.4. The van der Waals surface area contributed by atoms with E-state index in [4.69, 9.17) is 4.52 Å². The lowest BCUT2D eigenvalue weighted by molar-refractivity contribution is 0.00719. The second-order valence-corrected chi connectivity index (χ2v) is 7.63. The molecule has 1 aromatic rings. The summed E-state index contributed by atoms with van der Waals surface area (Å²) in [6.07, 6.45) is 6.98. The highest BCUT2D eigenvalue weighted by Gasteiger charge is 2.32. The molecule has 1 aliphatic carbocycles. The molecule has 0 unspecified atom stereocenters. The zero-order valence-electron chi connectivity index (χ0n) is 15.4. The van der Waals surface area contributed by atoms with Crippen molar-refractivity contribution in [2.24, 2.45) is 0 Å². The number of aliphatic hydroxyl groups excluding tert-OH is 1. The van der Waals surface area contributed by atoms with Crippen LogP contribution in [0.15, 0.2) is 10.6 Å². The number of amides is 1. The van der Waals surface area contributed by atoms with Gasteiger partial charge < -0.3 is 14.9 Å². The van der Waals surface area contributed by atoms with Crippen molar-refractivity contribution in [3.8, 4) is 0 Å². The van der Waals surface area contributed by atoms with Crippen molar-refractivity contribution in [1.29, 1.82) is 0 Å². The lowest BCUT2D eigenvalue weighted by Gasteiger charge is -2.41. The Kier molecular flexibility index (Phi) is 6.12. The summed E-state index contributed by atoms with van der Waals surface area (Å²) in [5, 5.41) is 17.3. The molecule has 0 radical (unpaired) electrons. The fourth-order valence-electron chi connectivity index (χ4n) is 3.99. The number of piperidine rings is 1. The highest BCUT2D eigenvalue weighted by Crippen LogP contribution is 2.26. The van der Waals surface area contributed by atoms with Crippen molar-refractivity contribution < 1.29 is 14.4 Å². The summed E-state index contributed by atoms with van der Waals surface area (Å²) in [5.41, 5.74) is 0.841. The number of likely N-dealkylation sites (tertiary alicyclic amines) is 1. The van der Waals surface area contributed by atoms with Gasteiger partial charge in [0, 0.05) is 37.2 Å². The Morgan fingerprint density at radius 2 is 2.08 bits per heavy atom. The first-order valence-corrected chi connectivity index (χ1v) is 9.78. The van der Waals surface area contributed by atoms with Gasteiger partial charge in [-0.25, -0.2) is 0 Å². The first-order valence-electron chi connectivity index (χ1n) is 9.78. The van der Waals surface area contributed by atoms with Crippen LogP contribution in [-0.2, 0) is 0 Å². The average Bonchev–Trinajstić information content (AvgIpc) is 3.12. The van der Waals surface area contributed by atoms with E-state index in [1.165, 1.54) is 6.42 Å². The van der Waals surface area contributed by atoms with Crippen molar-refractivity contribution >= 4 is 5.91 Å². The van der Waals surface area contributed by atoms with Crippen LogP contribution in [0.4, 0.5) is 0 Å². The van der Waals surface area contributed by atoms with Crippen LogP contribution in [0, 0.1) is 0 Å². The normalized spacial score (nSPS) is 27.2. The van der Waals surface area contributed by atoms with Crippen LogP contribution in [0.25, 0.3) is 0 Å². The molecule has 140 valence electrons. The van der Waals surface area contributed by atoms with E-state index in [0.29, 0.717) is 17.7 Å².